The first-order chi connectivity index (χ1) is 19.7. The molecular formula is C30H60Cl2N4O6. The molecule has 0 unspecified atom stereocenters. The van der Waals surface area contributed by atoms with Gasteiger partial charge in [-0.05, 0) is 79.2 Å². The zero-order chi connectivity index (χ0) is 30.7. The topological polar surface area (TPSA) is 141 Å². The molecule has 4 fully saturated rings. The van der Waals surface area contributed by atoms with E-state index in [0.29, 0.717) is 37.9 Å². The number of carbonyl (C=O) groups is 3. The minimum atomic E-state index is -0.738. The van der Waals surface area contributed by atoms with Crippen LogP contribution in [0.4, 0.5) is 14.4 Å². The smallest absolute Gasteiger partial charge is 0.407 e. The zero-order valence-electron chi connectivity index (χ0n) is 26.6. The summed E-state index contributed by atoms with van der Waals surface area (Å²) in [6.45, 7) is 6.59. The van der Waals surface area contributed by atoms with Crippen molar-refractivity contribution < 1.29 is 28.6 Å². The van der Waals surface area contributed by atoms with Gasteiger partial charge in [0.05, 0.1) is 19.8 Å². The van der Waals surface area contributed by atoms with Gasteiger partial charge in [-0.3, -0.25) is 0 Å². The lowest BCUT2D eigenvalue weighted by Gasteiger charge is -2.10. The van der Waals surface area contributed by atoms with E-state index in [2.05, 4.69) is 27.7 Å². The maximum absolute atomic E-state index is 10.9. The van der Waals surface area contributed by atoms with Gasteiger partial charge in [0.1, 0.15) is 0 Å². The predicted molar refractivity (Wildman–Crippen MR) is 173 cm³/mol. The summed E-state index contributed by atoms with van der Waals surface area (Å²) in [5.41, 5.74) is 4.80. The first kappa shape index (κ1) is 42.6. The van der Waals surface area contributed by atoms with Crippen molar-refractivity contribution in [1.29, 1.82) is 0 Å². The van der Waals surface area contributed by atoms with Crippen molar-refractivity contribution in [2.45, 2.75) is 148 Å². The van der Waals surface area contributed by atoms with Gasteiger partial charge in [-0.25, -0.2) is 14.4 Å². The average Bonchev–Trinajstić information content (AvgIpc) is 3.75. The molecule has 0 atom stereocenters. The number of nitrogens with two attached hydrogens (primary N) is 1. The number of halogens is 2. The fraction of sp³-hybridized carbons (Fsp3) is 0.900. The average molecular weight is 644 g/mol. The molecule has 250 valence electrons. The third-order valence-corrected chi connectivity index (χ3v) is 7.44. The number of ether oxygens (including phenoxy) is 3. The molecule has 0 saturated heterocycles. The Balaban J connectivity index is 0. The van der Waals surface area contributed by atoms with Crippen LogP contribution in [0.25, 0.3) is 0 Å². The molecule has 4 aliphatic rings. The summed E-state index contributed by atoms with van der Waals surface area (Å²) in [6.07, 6.45) is 19.8. The summed E-state index contributed by atoms with van der Waals surface area (Å²) < 4.78 is 13.7. The monoisotopic (exact) mass is 642 g/mol. The molecule has 4 aliphatic carbocycles. The van der Waals surface area contributed by atoms with Gasteiger partial charge < -0.3 is 35.9 Å². The van der Waals surface area contributed by atoms with E-state index < -0.39 is 5.43 Å². The quantitative estimate of drug-likeness (QED) is 0.176. The molecule has 12 heteroatoms. The van der Waals surface area contributed by atoms with Crippen molar-refractivity contribution >= 4 is 41.6 Å². The van der Waals surface area contributed by atoms with E-state index in [1.54, 1.807) is 6.92 Å². The zero-order valence-corrected chi connectivity index (χ0v) is 28.1. The summed E-state index contributed by atoms with van der Waals surface area (Å²) in [4.78, 5) is 31.3. The molecule has 10 nitrogen and oxygen atoms in total. The van der Waals surface area contributed by atoms with Crippen LogP contribution in [0.5, 0.6) is 0 Å². The van der Waals surface area contributed by atoms with E-state index in [1.807, 2.05) is 13.8 Å². The van der Waals surface area contributed by atoms with Gasteiger partial charge in [-0.2, -0.15) is 0 Å². The number of rotatable bonds is 6. The molecule has 0 heterocycles. The Hall–Kier alpha value is -1.49. The highest BCUT2D eigenvalue weighted by molar-refractivity contribution is 6.61. The van der Waals surface area contributed by atoms with Crippen LogP contribution in [-0.4, -0.2) is 68.7 Å². The minimum absolute atomic E-state index is 0. The molecule has 4 saturated carbocycles. The largest absolute Gasteiger partial charge is 0.454 e. The Kier molecular flexibility index (Phi) is 30.0. The van der Waals surface area contributed by atoms with Gasteiger partial charge in [0.2, 0.25) is 0 Å². The number of hydrogen-bond donors (Lipinski definition) is 4. The number of alkyl carbamates (subject to hydrolysis) is 2. The van der Waals surface area contributed by atoms with Gasteiger partial charge in [-0.1, -0.05) is 51.4 Å². The van der Waals surface area contributed by atoms with Crippen LogP contribution in [0, 0.1) is 0 Å². The second kappa shape index (κ2) is 29.6. The standard InChI is InChI=1S/2C8H15NO2.C6H13N.C5H11N.C3H5ClO2.ClH/c2*1-2-11-8(10)9-7-5-3-4-6-7;1-7-6-4-2-3-5-6;6-5-3-1-2-4-5;1-2-6-3(4)5;/h2*7H,2-6H2,1H3,(H,9,10);6-7H,2-5H2,1H3;5H,1-4,6H2;2H2,1H3;1H. The number of carbonyl (C=O) groups excluding carboxylic acids is 3. The van der Waals surface area contributed by atoms with Crippen LogP contribution in [0.2, 0.25) is 0 Å². The van der Waals surface area contributed by atoms with Crippen molar-refractivity contribution in [3.05, 3.63) is 0 Å². The van der Waals surface area contributed by atoms with Crippen LogP contribution in [-0.2, 0) is 14.2 Å². The minimum Gasteiger partial charge on any atom is -0.454 e. The number of amides is 2. The normalized spacial score (nSPS) is 18.2. The van der Waals surface area contributed by atoms with Crippen molar-refractivity contribution in [3.63, 3.8) is 0 Å². The maximum atomic E-state index is 10.9. The second-order valence-electron chi connectivity index (χ2n) is 10.7. The Bertz CT molecular complexity index is 622. The molecule has 0 aliphatic heterocycles. The van der Waals surface area contributed by atoms with E-state index in [-0.39, 0.29) is 24.6 Å². The van der Waals surface area contributed by atoms with Gasteiger partial charge in [-0.15, -0.1) is 12.4 Å². The lowest BCUT2D eigenvalue weighted by atomic mass is 10.3. The molecule has 5 N–H and O–H groups in total. The van der Waals surface area contributed by atoms with Crippen LogP contribution in [0.3, 0.4) is 0 Å². The molecule has 0 bridgehead atoms. The van der Waals surface area contributed by atoms with Crippen molar-refractivity contribution in [2.75, 3.05) is 26.9 Å². The first-order valence-corrected chi connectivity index (χ1v) is 16.2. The molecule has 42 heavy (non-hydrogen) atoms. The highest BCUT2D eigenvalue weighted by atomic mass is 35.5. The van der Waals surface area contributed by atoms with Crippen LogP contribution in [0.1, 0.15) is 124 Å². The highest BCUT2D eigenvalue weighted by Gasteiger charge is 2.18. The fourth-order valence-corrected chi connectivity index (χ4v) is 5.21. The number of hydrogen-bond acceptors (Lipinski definition) is 8. The molecule has 0 aromatic rings. The molecule has 0 radical (unpaired) electrons. The fourth-order valence-electron chi connectivity index (χ4n) is 5.10. The van der Waals surface area contributed by atoms with Gasteiger partial charge in [0, 0.05) is 35.8 Å². The molecule has 2 amide bonds. The first-order valence-electron chi connectivity index (χ1n) is 15.9. The van der Waals surface area contributed by atoms with E-state index in [9.17, 15) is 14.4 Å². The van der Waals surface area contributed by atoms with Crippen molar-refractivity contribution in [2.24, 2.45) is 5.73 Å². The van der Waals surface area contributed by atoms with Crippen LogP contribution >= 0.6 is 24.0 Å². The van der Waals surface area contributed by atoms with Crippen LogP contribution in [0.15, 0.2) is 0 Å². The molecule has 0 aromatic carbocycles. The number of nitrogens with one attached hydrogen (secondary N) is 3. The van der Waals surface area contributed by atoms with Crippen molar-refractivity contribution in [3.8, 4) is 0 Å². The summed E-state index contributed by atoms with van der Waals surface area (Å²) in [7, 11) is 2.05. The summed E-state index contributed by atoms with van der Waals surface area (Å²) >= 11 is 4.72. The summed E-state index contributed by atoms with van der Waals surface area (Å²) in [6, 6.07) is 2.13. The highest BCUT2D eigenvalue weighted by Crippen LogP contribution is 2.18. The summed E-state index contributed by atoms with van der Waals surface area (Å²) in [5, 5.41) is 8.90. The summed E-state index contributed by atoms with van der Waals surface area (Å²) in [5.74, 6) is 0. The molecular weight excluding hydrogens is 583 g/mol. The third kappa shape index (κ3) is 26.2. The van der Waals surface area contributed by atoms with Gasteiger partial charge >= 0.3 is 17.6 Å². The maximum Gasteiger partial charge on any atom is 0.407 e. The second-order valence-corrected chi connectivity index (χ2v) is 11.0. The van der Waals surface area contributed by atoms with E-state index >= 15 is 0 Å². The lowest BCUT2D eigenvalue weighted by molar-refractivity contribution is 0.147. The van der Waals surface area contributed by atoms with Gasteiger partial charge in [0.15, 0.2) is 0 Å². The van der Waals surface area contributed by atoms with E-state index in [4.69, 9.17) is 26.8 Å². The molecule has 0 aromatic heterocycles. The SMILES string of the molecule is CCOC(=O)Cl.CCOC(=O)NC1CCCC1.CCOC(=O)NC1CCCC1.CNC1CCCC1.Cl.NC1CCCC1. The molecule has 0 spiro atoms. The van der Waals surface area contributed by atoms with Gasteiger partial charge in [0.25, 0.3) is 0 Å². The predicted octanol–water partition coefficient (Wildman–Crippen LogP) is 7.19. The van der Waals surface area contributed by atoms with E-state index in [0.717, 1.165) is 31.7 Å². The Labute approximate surface area is 266 Å². The lowest BCUT2D eigenvalue weighted by Crippen LogP contribution is -2.32. The Morgan fingerprint density at radius 2 is 0.929 bits per heavy atom. The van der Waals surface area contributed by atoms with Crippen molar-refractivity contribution in [1.82, 2.24) is 16.0 Å². The van der Waals surface area contributed by atoms with Crippen LogP contribution < -0.4 is 21.7 Å². The third-order valence-electron chi connectivity index (χ3n) is 7.33. The molecule has 4 rings (SSSR count). The van der Waals surface area contributed by atoms with E-state index in [1.165, 1.54) is 77.0 Å². The Morgan fingerprint density at radius 1 is 0.619 bits per heavy atom. The Morgan fingerprint density at radius 3 is 1.12 bits per heavy atom.